The number of carbonyl (C=O) groups excluding carboxylic acids is 1. The maximum absolute atomic E-state index is 12.6. The van der Waals surface area contributed by atoms with E-state index in [0.717, 1.165) is 5.56 Å². The van der Waals surface area contributed by atoms with Crippen LogP contribution < -0.4 is 9.47 Å². The molecule has 1 aliphatic rings. The van der Waals surface area contributed by atoms with Crippen molar-refractivity contribution in [2.45, 2.75) is 33.0 Å². The molecule has 0 spiro atoms. The van der Waals surface area contributed by atoms with Crippen molar-refractivity contribution < 1.29 is 19.0 Å². The van der Waals surface area contributed by atoms with Crippen LogP contribution in [0.25, 0.3) is 22.4 Å². The lowest BCUT2D eigenvalue weighted by atomic mass is 9.87. The number of hydrogen-bond acceptors (Lipinski definition) is 5. The van der Waals surface area contributed by atoms with Gasteiger partial charge in [-0.2, -0.15) is 5.10 Å². The van der Waals surface area contributed by atoms with Gasteiger partial charge in [-0.15, -0.1) is 0 Å². The van der Waals surface area contributed by atoms with Crippen molar-refractivity contribution in [2.75, 3.05) is 6.61 Å². The first-order valence-corrected chi connectivity index (χ1v) is 12.3. The van der Waals surface area contributed by atoms with Gasteiger partial charge in [-0.25, -0.2) is 4.79 Å². The van der Waals surface area contributed by atoms with Crippen LogP contribution in [-0.2, 0) is 16.9 Å². The van der Waals surface area contributed by atoms with Gasteiger partial charge >= 0.3 is 5.97 Å². The predicted octanol–water partition coefficient (Wildman–Crippen LogP) is 7.43. The monoisotopic (exact) mass is 522 g/mol. The normalized spacial score (nSPS) is 13.4. The summed E-state index contributed by atoms with van der Waals surface area (Å²) in [5.74, 6) is 0.682. The number of benzene rings is 3. The third-order valence-electron chi connectivity index (χ3n) is 6.02. The highest BCUT2D eigenvalue weighted by Crippen LogP contribution is 2.53. The van der Waals surface area contributed by atoms with E-state index in [1.165, 1.54) is 0 Å². The zero-order valence-electron chi connectivity index (χ0n) is 20.0. The number of nitrogens with one attached hydrogen (secondary N) is 1. The highest BCUT2D eigenvalue weighted by atomic mass is 35.5. The summed E-state index contributed by atoms with van der Waals surface area (Å²) >= 11 is 12.9. The number of aromatic nitrogens is 2. The number of rotatable bonds is 6. The van der Waals surface area contributed by atoms with Gasteiger partial charge < -0.3 is 14.2 Å². The first kappa shape index (κ1) is 24.2. The van der Waals surface area contributed by atoms with E-state index in [1.54, 1.807) is 19.1 Å². The van der Waals surface area contributed by atoms with E-state index in [9.17, 15) is 4.79 Å². The number of aromatic amines is 1. The van der Waals surface area contributed by atoms with E-state index in [4.69, 9.17) is 37.4 Å². The molecule has 0 bridgehead atoms. The molecular formula is C28H24Cl2N2O4. The molecule has 4 aromatic rings. The number of fused-ring (bicyclic) bond motifs is 3. The van der Waals surface area contributed by atoms with Crippen molar-refractivity contribution in [1.29, 1.82) is 0 Å². The zero-order chi connectivity index (χ0) is 25.4. The first-order chi connectivity index (χ1) is 17.3. The summed E-state index contributed by atoms with van der Waals surface area (Å²) in [7, 11) is 0. The average Bonchev–Trinajstić information content (AvgIpc) is 3.31. The molecule has 0 unspecified atom stereocenters. The molecule has 0 aliphatic carbocycles. The molecule has 36 heavy (non-hydrogen) atoms. The van der Waals surface area contributed by atoms with Crippen LogP contribution in [-0.4, -0.2) is 22.8 Å². The Morgan fingerprint density at radius 2 is 1.81 bits per heavy atom. The van der Waals surface area contributed by atoms with E-state index in [0.29, 0.717) is 56.1 Å². The molecular weight excluding hydrogens is 499 g/mol. The van der Waals surface area contributed by atoms with Gasteiger partial charge in [0, 0.05) is 16.1 Å². The predicted molar refractivity (Wildman–Crippen MR) is 140 cm³/mol. The number of nitrogens with zero attached hydrogens (tertiary/aromatic N) is 1. The Hall–Kier alpha value is -3.48. The van der Waals surface area contributed by atoms with Gasteiger partial charge in [-0.3, -0.25) is 5.10 Å². The van der Waals surface area contributed by atoms with E-state index in [-0.39, 0.29) is 12.3 Å². The van der Waals surface area contributed by atoms with Crippen molar-refractivity contribution in [1.82, 2.24) is 10.2 Å². The standard InChI is InChI=1S/C28H24Cl2N2O4/c1-4-34-27(33)25-23-24(31-32-25)19-12-13-21(35-15-16-8-6-5-7-9-16)22(26(19)36-28(23,2)3)18-11-10-17(29)14-20(18)30/h5-14H,4,15H2,1-3H3,(H,31,32). The second-order valence-electron chi connectivity index (χ2n) is 8.87. The van der Waals surface area contributed by atoms with Crippen LogP contribution in [0.4, 0.5) is 0 Å². The highest BCUT2D eigenvalue weighted by molar-refractivity contribution is 6.36. The van der Waals surface area contributed by atoms with Crippen molar-refractivity contribution in [3.8, 4) is 33.9 Å². The first-order valence-electron chi connectivity index (χ1n) is 11.5. The molecule has 5 rings (SSSR count). The van der Waals surface area contributed by atoms with Crippen LogP contribution in [0.1, 0.15) is 42.4 Å². The maximum atomic E-state index is 12.6. The third kappa shape index (κ3) is 4.31. The second kappa shape index (κ2) is 9.52. The van der Waals surface area contributed by atoms with E-state index >= 15 is 0 Å². The minimum Gasteiger partial charge on any atom is -0.488 e. The van der Waals surface area contributed by atoms with Crippen LogP contribution in [0.15, 0.2) is 60.7 Å². The van der Waals surface area contributed by atoms with Crippen LogP contribution in [0.3, 0.4) is 0 Å². The number of hydrogen-bond donors (Lipinski definition) is 1. The second-order valence-corrected chi connectivity index (χ2v) is 9.71. The molecule has 2 heterocycles. The summed E-state index contributed by atoms with van der Waals surface area (Å²) in [4.78, 5) is 12.6. The molecule has 3 aromatic carbocycles. The van der Waals surface area contributed by atoms with Crippen LogP contribution in [0.2, 0.25) is 10.0 Å². The summed E-state index contributed by atoms with van der Waals surface area (Å²) in [6.07, 6.45) is 0. The lowest BCUT2D eigenvalue weighted by Gasteiger charge is -2.34. The van der Waals surface area contributed by atoms with E-state index in [2.05, 4.69) is 10.2 Å². The Morgan fingerprint density at radius 3 is 2.53 bits per heavy atom. The summed E-state index contributed by atoms with van der Waals surface area (Å²) in [6, 6.07) is 18.9. The van der Waals surface area contributed by atoms with Gasteiger partial charge in [0.05, 0.1) is 22.8 Å². The number of carbonyl (C=O) groups is 1. The molecule has 1 aliphatic heterocycles. The Balaban J connectivity index is 1.69. The van der Waals surface area contributed by atoms with Crippen LogP contribution in [0.5, 0.6) is 11.5 Å². The molecule has 0 saturated heterocycles. The molecule has 1 aromatic heterocycles. The molecule has 0 radical (unpaired) electrons. The topological polar surface area (TPSA) is 73.4 Å². The lowest BCUT2D eigenvalue weighted by molar-refractivity contribution is 0.0500. The molecule has 0 atom stereocenters. The van der Waals surface area contributed by atoms with E-state index < -0.39 is 11.6 Å². The van der Waals surface area contributed by atoms with Gasteiger partial charge in [0.25, 0.3) is 0 Å². The summed E-state index contributed by atoms with van der Waals surface area (Å²) in [5, 5.41) is 8.33. The lowest BCUT2D eigenvalue weighted by Crippen LogP contribution is -2.31. The summed E-state index contributed by atoms with van der Waals surface area (Å²) in [6.45, 7) is 6.15. The summed E-state index contributed by atoms with van der Waals surface area (Å²) < 4.78 is 18.1. The molecule has 1 N–H and O–H groups in total. The SMILES string of the molecule is CCOC(=O)c1[nH]nc2c1C(C)(C)Oc1c-2ccc(OCc2ccccc2)c1-c1ccc(Cl)cc1Cl. The summed E-state index contributed by atoms with van der Waals surface area (Å²) in [5.41, 5.74) is 3.76. The molecule has 0 amide bonds. The fourth-order valence-corrected chi connectivity index (χ4v) is 4.94. The van der Waals surface area contributed by atoms with Crippen molar-refractivity contribution in [3.63, 3.8) is 0 Å². The van der Waals surface area contributed by atoms with Crippen LogP contribution >= 0.6 is 23.2 Å². The fourth-order valence-electron chi connectivity index (χ4n) is 4.44. The Bertz CT molecular complexity index is 1450. The van der Waals surface area contributed by atoms with Gasteiger partial charge in [-0.05, 0) is 50.6 Å². The van der Waals surface area contributed by atoms with Gasteiger partial charge in [-0.1, -0.05) is 59.6 Å². The highest BCUT2D eigenvalue weighted by Gasteiger charge is 2.41. The molecule has 0 saturated carbocycles. The van der Waals surface area contributed by atoms with Crippen molar-refractivity contribution in [3.05, 3.63) is 87.5 Å². The number of H-pyrrole nitrogens is 1. The largest absolute Gasteiger partial charge is 0.488 e. The Labute approximate surface area is 219 Å². The van der Waals surface area contributed by atoms with Gasteiger partial charge in [0.2, 0.25) is 0 Å². The van der Waals surface area contributed by atoms with Gasteiger partial charge in [0.15, 0.2) is 5.69 Å². The Morgan fingerprint density at radius 1 is 1.06 bits per heavy atom. The Kier molecular flexibility index (Phi) is 6.41. The molecule has 0 fully saturated rings. The molecule has 8 heteroatoms. The van der Waals surface area contributed by atoms with Crippen molar-refractivity contribution in [2.24, 2.45) is 0 Å². The average molecular weight is 523 g/mol. The molecule has 184 valence electrons. The quantitative estimate of drug-likeness (QED) is 0.266. The fraction of sp³-hybridized carbons (Fsp3) is 0.214. The van der Waals surface area contributed by atoms with Crippen LogP contribution in [0, 0.1) is 0 Å². The number of esters is 1. The van der Waals surface area contributed by atoms with Gasteiger partial charge in [0.1, 0.15) is 29.4 Å². The number of halogens is 2. The third-order valence-corrected chi connectivity index (χ3v) is 6.57. The minimum absolute atomic E-state index is 0.256. The maximum Gasteiger partial charge on any atom is 0.356 e. The zero-order valence-corrected chi connectivity index (χ0v) is 21.5. The smallest absolute Gasteiger partial charge is 0.356 e. The number of ether oxygens (including phenoxy) is 3. The molecule has 6 nitrogen and oxygen atoms in total. The van der Waals surface area contributed by atoms with Crippen molar-refractivity contribution >= 4 is 29.2 Å². The minimum atomic E-state index is -0.900. The van der Waals surface area contributed by atoms with E-state index in [1.807, 2.05) is 62.4 Å².